The molecule has 82 valence electrons. The maximum atomic E-state index is 13.0. The fourth-order valence-corrected chi connectivity index (χ4v) is 2.04. The Hall–Kier alpha value is -1.00. The van der Waals surface area contributed by atoms with Crippen molar-refractivity contribution in [2.75, 3.05) is 0 Å². The lowest BCUT2D eigenvalue weighted by molar-refractivity contribution is 0.352. The number of halogens is 1. The highest BCUT2D eigenvalue weighted by Crippen LogP contribution is 2.42. The number of aromatic nitrogens is 1. The van der Waals surface area contributed by atoms with Gasteiger partial charge in [-0.2, -0.15) is 0 Å². The van der Waals surface area contributed by atoms with Gasteiger partial charge in [0.25, 0.3) is 0 Å². The van der Waals surface area contributed by atoms with Crippen LogP contribution >= 0.6 is 0 Å². The number of nitrogens with one attached hydrogen (secondary N) is 1. The molecule has 1 aliphatic carbocycles. The molecule has 0 aromatic carbocycles. The van der Waals surface area contributed by atoms with Crippen LogP contribution in [0.2, 0.25) is 0 Å². The van der Waals surface area contributed by atoms with Gasteiger partial charge in [-0.05, 0) is 36.3 Å². The third-order valence-electron chi connectivity index (χ3n) is 3.16. The van der Waals surface area contributed by atoms with Crippen molar-refractivity contribution in [2.45, 2.75) is 25.8 Å². The van der Waals surface area contributed by atoms with Crippen LogP contribution in [0.15, 0.2) is 18.5 Å². The lowest BCUT2D eigenvalue weighted by Crippen LogP contribution is -2.33. The zero-order chi connectivity index (χ0) is 10.8. The highest BCUT2D eigenvalue weighted by molar-refractivity contribution is 5.16. The number of hydrogen-bond acceptors (Lipinski definition) is 3. The molecule has 0 spiro atoms. The van der Waals surface area contributed by atoms with Gasteiger partial charge in [0.1, 0.15) is 5.82 Å². The van der Waals surface area contributed by atoms with E-state index < -0.39 is 0 Å². The summed E-state index contributed by atoms with van der Waals surface area (Å²) >= 11 is 0. The number of hydrazine groups is 1. The molecule has 1 aromatic rings. The van der Waals surface area contributed by atoms with E-state index in [0.717, 1.165) is 5.56 Å². The molecule has 1 aromatic heterocycles. The zero-order valence-electron chi connectivity index (χ0n) is 8.78. The summed E-state index contributed by atoms with van der Waals surface area (Å²) in [6, 6.07) is 1.50. The van der Waals surface area contributed by atoms with Crippen molar-refractivity contribution in [3.05, 3.63) is 29.8 Å². The van der Waals surface area contributed by atoms with Crippen LogP contribution in [-0.2, 0) is 0 Å². The molecule has 0 amide bonds. The summed E-state index contributed by atoms with van der Waals surface area (Å²) in [6.45, 7) is 2.15. The monoisotopic (exact) mass is 209 g/mol. The lowest BCUT2D eigenvalue weighted by atomic mass is 9.92. The van der Waals surface area contributed by atoms with Gasteiger partial charge in [-0.25, -0.2) is 4.39 Å². The van der Waals surface area contributed by atoms with Crippen LogP contribution in [0.1, 0.15) is 31.4 Å². The SMILES string of the molecule is CC(C1CC1)C(NN)c1cncc(F)c1. The first-order valence-electron chi connectivity index (χ1n) is 5.29. The van der Waals surface area contributed by atoms with Gasteiger partial charge in [-0.15, -0.1) is 0 Å². The molecule has 1 aliphatic rings. The molecule has 0 radical (unpaired) electrons. The van der Waals surface area contributed by atoms with E-state index in [1.807, 2.05) is 0 Å². The van der Waals surface area contributed by atoms with E-state index in [9.17, 15) is 4.39 Å². The van der Waals surface area contributed by atoms with Gasteiger partial charge in [0.2, 0.25) is 0 Å². The molecule has 1 fully saturated rings. The molecular formula is C11H16FN3. The summed E-state index contributed by atoms with van der Waals surface area (Å²) in [5, 5.41) is 0. The third kappa shape index (κ3) is 2.33. The Kier molecular flexibility index (Phi) is 2.98. The van der Waals surface area contributed by atoms with Gasteiger partial charge in [-0.3, -0.25) is 16.3 Å². The summed E-state index contributed by atoms with van der Waals surface area (Å²) < 4.78 is 13.0. The first kappa shape index (κ1) is 10.5. The largest absolute Gasteiger partial charge is 0.271 e. The van der Waals surface area contributed by atoms with E-state index in [1.165, 1.54) is 25.1 Å². The number of pyridine rings is 1. The number of rotatable bonds is 4. The van der Waals surface area contributed by atoms with E-state index in [2.05, 4.69) is 17.3 Å². The molecular weight excluding hydrogens is 193 g/mol. The predicted molar refractivity (Wildman–Crippen MR) is 56.1 cm³/mol. The molecule has 15 heavy (non-hydrogen) atoms. The maximum absolute atomic E-state index is 13.0. The predicted octanol–water partition coefficient (Wildman–Crippen LogP) is 1.77. The van der Waals surface area contributed by atoms with Crippen molar-refractivity contribution in [1.29, 1.82) is 0 Å². The first-order chi connectivity index (χ1) is 7.22. The number of nitrogens with zero attached hydrogens (tertiary/aromatic N) is 1. The molecule has 4 heteroatoms. The summed E-state index contributed by atoms with van der Waals surface area (Å²) in [5.74, 6) is 6.36. The van der Waals surface area contributed by atoms with E-state index in [-0.39, 0.29) is 11.9 Å². The van der Waals surface area contributed by atoms with E-state index in [1.54, 1.807) is 6.20 Å². The van der Waals surface area contributed by atoms with Gasteiger partial charge >= 0.3 is 0 Å². The van der Waals surface area contributed by atoms with E-state index >= 15 is 0 Å². The van der Waals surface area contributed by atoms with Crippen LogP contribution in [0.4, 0.5) is 4.39 Å². The van der Waals surface area contributed by atoms with Crippen LogP contribution in [-0.4, -0.2) is 4.98 Å². The molecule has 2 rings (SSSR count). The third-order valence-corrected chi connectivity index (χ3v) is 3.16. The second-order valence-electron chi connectivity index (χ2n) is 4.28. The lowest BCUT2D eigenvalue weighted by Gasteiger charge is -2.23. The minimum atomic E-state index is -0.309. The molecule has 2 atom stereocenters. The number of nitrogens with two attached hydrogens (primary N) is 1. The minimum absolute atomic E-state index is 0.000648. The molecule has 0 bridgehead atoms. The summed E-state index contributed by atoms with van der Waals surface area (Å²) in [4.78, 5) is 3.84. The van der Waals surface area contributed by atoms with Crippen molar-refractivity contribution in [3.63, 3.8) is 0 Å². The van der Waals surface area contributed by atoms with Crippen LogP contribution in [0.5, 0.6) is 0 Å². The van der Waals surface area contributed by atoms with Gasteiger partial charge in [-0.1, -0.05) is 6.92 Å². The fourth-order valence-electron chi connectivity index (χ4n) is 2.04. The van der Waals surface area contributed by atoms with Crippen molar-refractivity contribution in [3.8, 4) is 0 Å². The Morgan fingerprint density at radius 2 is 2.27 bits per heavy atom. The zero-order valence-corrected chi connectivity index (χ0v) is 8.78. The summed E-state index contributed by atoms with van der Waals surface area (Å²) in [6.07, 6.45) is 5.38. The Balaban J connectivity index is 2.17. The molecule has 1 saturated carbocycles. The fraction of sp³-hybridized carbons (Fsp3) is 0.545. The smallest absolute Gasteiger partial charge is 0.141 e. The van der Waals surface area contributed by atoms with Crippen molar-refractivity contribution < 1.29 is 4.39 Å². The molecule has 3 N–H and O–H groups in total. The molecule has 0 saturated heterocycles. The van der Waals surface area contributed by atoms with Gasteiger partial charge in [0.15, 0.2) is 0 Å². The molecule has 1 heterocycles. The number of hydrogen-bond donors (Lipinski definition) is 2. The van der Waals surface area contributed by atoms with Gasteiger partial charge in [0.05, 0.1) is 12.2 Å². The topological polar surface area (TPSA) is 50.9 Å². The normalized spacial score (nSPS) is 19.9. The second-order valence-corrected chi connectivity index (χ2v) is 4.28. The standard InChI is InChI=1S/C11H16FN3/c1-7(8-2-3-8)11(15-13)9-4-10(12)6-14-5-9/h4-8,11,15H,2-3,13H2,1H3. The van der Waals surface area contributed by atoms with Gasteiger partial charge < -0.3 is 0 Å². The van der Waals surface area contributed by atoms with Gasteiger partial charge in [0, 0.05) is 6.20 Å². The molecule has 0 aliphatic heterocycles. The second kappa shape index (κ2) is 4.24. The quantitative estimate of drug-likeness (QED) is 0.587. The average molecular weight is 209 g/mol. The highest BCUT2D eigenvalue weighted by atomic mass is 19.1. The highest BCUT2D eigenvalue weighted by Gasteiger charge is 2.33. The molecule has 3 nitrogen and oxygen atoms in total. The Morgan fingerprint density at radius 3 is 2.80 bits per heavy atom. The van der Waals surface area contributed by atoms with Crippen LogP contribution < -0.4 is 11.3 Å². The Morgan fingerprint density at radius 1 is 1.53 bits per heavy atom. The van der Waals surface area contributed by atoms with Crippen LogP contribution in [0.25, 0.3) is 0 Å². The maximum Gasteiger partial charge on any atom is 0.141 e. The van der Waals surface area contributed by atoms with Crippen LogP contribution in [0, 0.1) is 17.7 Å². The van der Waals surface area contributed by atoms with Crippen molar-refractivity contribution >= 4 is 0 Å². The van der Waals surface area contributed by atoms with Crippen molar-refractivity contribution in [1.82, 2.24) is 10.4 Å². The Bertz CT molecular complexity index is 338. The van der Waals surface area contributed by atoms with E-state index in [0.29, 0.717) is 11.8 Å². The average Bonchev–Trinajstić information content (AvgIpc) is 3.02. The van der Waals surface area contributed by atoms with E-state index in [4.69, 9.17) is 5.84 Å². The minimum Gasteiger partial charge on any atom is -0.271 e. The summed E-state index contributed by atoms with van der Waals surface area (Å²) in [5.41, 5.74) is 3.59. The van der Waals surface area contributed by atoms with Crippen LogP contribution in [0.3, 0.4) is 0 Å². The molecule has 2 unspecified atom stereocenters. The summed E-state index contributed by atoms with van der Waals surface area (Å²) in [7, 11) is 0. The Labute approximate surface area is 88.9 Å². The van der Waals surface area contributed by atoms with Crippen molar-refractivity contribution in [2.24, 2.45) is 17.7 Å². The first-order valence-corrected chi connectivity index (χ1v) is 5.29.